The molecule has 0 aromatic heterocycles. The van der Waals surface area contributed by atoms with Gasteiger partial charge in [0.05, 0.1) is 0 Å². The summed E-state index contributed by atoms with van der Waals surface area (Å²) >= 11 is 2.19. The summed E-state index contributed by atoms with van der Waals surface area (Å²) < 4.78 is 0.876. The maximum atomic E-state index is 11.4. The second kappa shape index (κ2) is 5.19. The van der Waals surface area contributed by atoms with Gasteiger partial charge < -0.3 is 10.4 Å². The van der Waals surface area contributed by atoms with Gasteiger partial charge in [-0.1, -0.05) is 28.7 Å². The first kappa shape index (κ1) is 11.3. The molecule has 0 bridgehead atoms. The van der Waals surface area contributed by atoms with Crippen LogP contribution in [-0.2, 0) is 0 Å². The fourth-order valence-corrected chi connectivity index (χ4v) is 1.28. The minimum absolute atomic E-state index is 0.142. The second-order valence-electron chi connectivity index (χ2n) is 2.95. The number of hydrogen-bond acceptors (Lipinski definition) is 2. The van der Waals surface area contributed by atoms with Gasteiger partial charge in [0.15, 0.2) is 0 Å². The molecule has 0 aliphatic heterocycles. The van der Waals surface area contributed by atoms with E-state index in [1.165, 1.54) is 6.07 Å². The summed E-state index contributed by atoms with van der Waals surface area (Å²) in [4.78, 5) is 11.4. The van der Waals surface area contributed by atoms with E-state index in [1.54, 1.807) is 19.1 Å². The van der Waals surface area contributed by atoms with Crippen LogP contribution in [0.4, 0.5) is 0 Å². The molecular weight excluding hydrogens is 293 g/mol. The van der Waals surface area contributed by atoms with Crippen molar-refractivity contribution >= 4 is 28.5 Å². The summed E-state index contributed by atoms with van der Waals surface area (Å²) in [7, 11) is 0. The van der Waals surface area contributed by atoms with E-state index in [1.807, 2.05) is 0 Å². The zero-order valence-electron chi connectivity index (χ0n) is 7.88. The van der Waals surface area contributed by atoms with E-state index in [2.05, 4.69) is 27.9 Å². The van der Waals surface area contributed by atoms with E-state index in [-0.39, 0.29) is 11.7 Å². The molecule has 0 aliphatic rings. The molecule has 0 aliphatic carbocycles. The van der Waals surface area contributed by atoms with Crippen molar-refractivity contribution in [2.75, 3.05) is 11.0 Å². The van der Waals surface area contributed by atoms with Gasteiger partial charge in [0.25, 0.3) is 5.91 Å². The van der Waals surface area contributed by atoms with Crippen molar-refractivity contribution in [2.24, 2.45) is 0 Å². The average molecular weight is 305 g/mol. The molecule has 4 heteroatoms. The van der Waals surface area contributed by atoms with Gasteiger partial charge in [-0.15, -0.1) is 0 Å². The fourth-order valence-electron chi connectivity index (χ4n) is 1.01. The Morgan fingerprint density at radius 1 is 1.57 bits per heavy atom. The van der Waals surface area contributed by atoms with Gasteiger partial charge >= 0.3 is 0 Å². The lowest BCUT2D eigenvalue weighted by Gasteiger charge is -2.04. The number of halogens is 1. The number of alkyl halides is 1. The molecule has 1 aromatic rings. The van der Waals surface area contributed by atoms with Crippen LogP contribution < -0.4 is 5.32 Å². The summed E-state index contributed by atoms with van der Waals surface area (Å²) in [6.45, 7) is 2.44. The fraction of sp³-hybridized carbons (Fsp3) is 0.300. The monoisotopic (exact) mass is 305 g/mol. The number of carbonyl (C=O) groups is 1. The van der Waals surface area contributed by atoms with E-state index >= 15 is 0 Å². The number of phenols is 1. The molecule has 3 nitrogen and oxygen atoms in total. The molecule has 0 fully saturated rings. The molecule has 1 amide bonds. The van der Waals surface area contributed by atoms with Crippen LogP contribution in [0.25, 0.3) is 0 Å². The van der Waals surface area contributed by atoms with E-state index in [4.69, 9.17) is 0 Å². The van der Waals surface area contributed by atoms with Crippen LogP contribution >= 0.6 is 22.6 Å². The van der Waals surface area contributed by atoms with Crippen LogP contribution in [0, 0.1) is 6.92 Å². The van der Waals surface area contributed by atoms with Crippen LogP contribution in [0.1, 0.15) is 15.9 Å². The van der Waals surface area contributed by atoms with Gasteiger partial charge in [0.1, 0.15) is 5.75 Å². The van der Waals surface area contributed by atoms with Crippen molar-refractivity contribution < 1.29 is 9.90 Å². The van der Waals surface area contributed by atoms with Crippen molar-refractivity contribution in [3.8, 4) is 5.75 Å². The van der Waals surface area contributed by atoms with Crippen LogP contribution in [-0.4, -0.2) is 22.0 Å². The van der Waals surface area contributed by atoms with Crippen LogP contribution in [0.2, 0.25) is 0 Å². The highest BCUT2D eigenvalue weighted by atomic mass is 127. The van der Waals surface area contributed by atoms with E-state index < -0.39 is 0 Å². The molecule has 0 heterocycles. The highest BCUT2D eigenvalue weighted by Gasteiger charge is 2.06. The standard InChI is InChI=1S/C10H12INO2/c1-7-2-3-8(6-9(7)13)10(14)12-5-4-11/h2-3,6,13H,4-5H2,1H3,(H,12,14). The summed E-state index contributed by atoms with van der Waals surface area (Å²) in [6, 6.07) is 4.92. The predicted octanol–water partition coefficient (Wildman–Crippen LogP) is 1.87. The Morgan fingerprint density at radius 3 is 2.86 bits per heavy atom. The summed E-state index contributed by atoms with van der Waals surface area (Å²) in [5.74, 6) is 0.0177. The van der Waals surface area contributed by atoms with Crippen LogP contribution in [0.3, 0.4) is 0 Å². The average Bonchev–Trinajstić information content (AvgIpc) is 2.18. The molecule has 0 saturated heterocycles. The molecule has 0 unspecified atom stereocenters. The third kappa shape index (κ3) is 2.87. The normalized spacial score (nSPS) is 9.86. The first-order chi connectivity index (χ1) is 6.65. The maximum absolute atomic E-state index is 11.4. The van der Waals surface area contributed by atoms with Crippen molar-refractivity contribution in [3.05, 3.63) is 29.3 Å². The van der Waals surface area contributed by atoms with Gasteiger partial charge in [-0.05, 0) is 24.6 Å². The van der Waals surface area contributed by atoms with E-state index in [9.17, 15) is 9.90 Å². The molecule has 2 N–H and O–H groups in total. The Balaban J connectivity index is 2.76. The first-order valence-electron chi connectivity index (χ1n) is 4.29. The highest BCUT2D eigenvalue weighted by Crippen LogP contribution is 2.17. The van der Waals surface area contributed by atoms with Crippen LogP contribution in [0.15, 0.2) is 18.2 Å². The van der Waals surface area contributed by atoms with Crippen LogP contribution in [0.5, 0.6) is 5.75 Å². The molecule has 0 atom stereocenters. The Morgan fingerprint density at radius 2 is 2.29 bits per heavy atom. The Hall–Kier alpha value is -0.780. The largest absolute Gasteiger partial charge is 0.508 e. The van der Waals surface area contributed by atoms with E-state index in [0.29, 0.717) is 12.1 Å². The lowest BCUT2D eigenvalue weighted by atomic mass is 10.1. The molecule has 1 rings (SSSR count). The molecule has 0 radical (unpaired) electrons. The number of nitrogens with one attached hydrogen (secondary N) is 1. The number of aromatic hydroxyl groups is 1. The smallest absolute Gasteiger partial charge is 0.251 e. The zero-order chi connectivity index (χ0) is 10.6. The van der Waals surface area contributed by atoms with E-state index in [0.717, 1.165) is 9.99 Å². The Labute approximate surface area is 96.7 Å². The quantitative estimate of drug-likeness (QED) is 0.661. The Kier molecular flexibility index (Phi) is 4.19. The lowest BCUT2D eigenvalue weighted by Crippen LogP contribution is -2.25. The number of phenolic OH excluding ortho intramolecular Hbond substituents is 1. The maximum Gasteiger partial charge on any atom is 0.251 e. The van der Waals surface area contributed by atoms with Gasteiger partial charge in [0.2, 0.25) is 0 Å². The number of carbonyl (C=O) groups excluding carboxylic acids is 1. The Bertz CT molecular complexity index is 339. The molecule has 14 heavy (non-hydrogen) atoms. The summed E-state index contributed by atoms with van der Waals surface area (Å²) in [5.41, 5.74) is 1.27. The minimum Gasteiger partial charge on any atom is -0.508 e. The van der Waals surface area contributed by atoms with Gasteiger partial charge in [-0.25, -0.2) is 0 Å². The number of hydrogen-bond donors (Lipinski definition) is 2. The molecule has 0 spiro atoms. The van der Waals surface area contributed by atoms with Crippen molar-refractivity contribution in [3.63, 3.8) is 0 Å². The third-order valence-corrected chi connectivity index (χ3v) is 2.39. The van der Waals surface area contributed by atoms with Gasteiger partial charge in [-0.3, -0.25) is 4.79 Å². The van der Waals surface area contributed by atoms with Crippen molar-refractivity contribution in [2.45, 2.75) is 6.92 Å². The third-order valence-electron chi connectivity index (χ3n) is 1.85. The topological polar surface area (TPSA) is 49.3 Å². The molecular formula is C10H12INO2. The first-order valence-corrected chi connectivity index (χ1v) is 5.81. The molecule has 0 saturated carbocycles. The highest BCUT2D eigenvalue weighted by molar-refractivity contribution is 14.1. The SMILES string of the molecule is Cc1ccc(C(=O)NCCI)cc1O. The number of rotatable bonds is 3. The predicted molar refractivity (Wildman–Crippen MR) is 64.1 cm³/mol. The van der Waals surface area contributed by atoms with Gasteiger partial charge in [0, 0.05) is 16.5 Å². The molecule has 76 valence electrons. The van der Waals surface area contributed by atoms with Gasteiger partial charge in [-0.2, -0.15) is 0 Å². The number of benzene rings is 1. The zero-order valence-corrected chi connectivity index (χ0v) is 10.0. The lowest BCUT2D eigenvalue weighted by molar-refractivity contribution is 0.0956. The summed E-state index contributed by atoms with van der Waals surface area (Å²) in [5, 5.41) is 12.1. The van der Waals surface area contributed by atoms with Crippen molar-refractivity contribution in [1.82, 2.24) is 5.32 Å². The number of aryl methyl sites for hydroxylation is 1. The minimum atomic E-state index is -0.142. The summed E-state index contributed by atoms with van der Waals surface area (Å²) in [6.07, 6.45) is 0. The second-order valence-corrected chi connectivity index (χ2v) is 4.02. The number of amides is 1. The van der Waals surface area contributed by atoms with Crippen molar-refractivity contribution in [1.29, 1.82) is 0 Å². The molecule has 1 aromatic carbocycles.